The zero-order valence-corrected chi connectivity index (χ0v) is 14.6. The Morgan fingerprint density at radius 2 is 2.04 bits per heavy atom. The van der Waals surface area contributed by atoms with Crippen LogP contribution in [0.5, 0.6) is 0 Å². The number of nitrogens with zero attached hydrogens (tertiary/aromatic N) is 4. The van der Waals surface area contributed by atoms with Gasteiger partial charge in [-0.1, -0.05) is 0 Å². The molecule has 1 aromatic rings. The summed E-state index contributed by atoms with van der Waals surface area (Å²) in [5, 5.41) is 0. The lowest BCUT2D eigenvalue weighted by molar-refractivity contribution is -0.137. The number of carbonyl (C=O) groups is 2. The molecule has 25 heavy (non-hydrogen) atoms. The van der Waals surface area contributed by atoms with E-state index in [-0.39, 0.29) is 29.2 Å². The fraction of sp³-hybridized carbons (Fsp3) is 0.667. The second-order valence-corrected chi connectivity index (χ2v) is 7.49. The van der Waals surface area contributed by atoms with Gasteiger partial charge >= 0.3 is 0 Å². The van der Waals surface area contributed by atoms with Crippen molar-refractivity contribution in [2.45, 2.75) is 44.6 Å². The minimum Gasteiger partial charge on any atom is -0.345 e. The van der Waals surface area contributed by atoms with Gasteiger partial charge in [-0.15, -0.1) is 0 Å². The fourth-order valence-electron chi connectivity index (χ4n) is 4.46. The number of carbonyl (C=O) groups excluding carboxylic acids is 2. The zero-order chi connectivity index (χ0) is 17.6. The lowest BCUT2D eigenvalue weighted by Crippen LogP contribution is -2.43. The highest BCUT2D eigenvalue weighted by atomic mass is 16.2. The molecule has 0 aliphatic carbocycles. The molecule has 4 rings (SSSR count). The van der Waals surface area contributed by atoms with Crippen LogP contribution in [0.3, 0.4) is 0 Å². The van der Waals surface area contributed by atoms with Gasteiger partial charge in [-0.2, -0.15) is 4.98 Å². The minimum atomic E-state index is -0.220. The summed E-state index contributed by atoms with van der Waals surface area (Å²) in [4.78, 5) is 44.2. The van der Waals surface area contributed by atoms with Crippen molar-refractivity contribution in [3.63, 3.8) is 0 Å². The predicted molar refractivity (Wildman–Crippen MR) is 91.1 cm³/mol. The van der Waals surface area contributed by atoms with E-state index in [1.807, 2.05) is 4.90 Å². The smallest absolute Gasteiger partial charge is 0.273 e. The molecule has 0 aromatic carbocycles. The van der Waals surface area contributed by atoms with Crippen LogP contribution in [0.1, 0.15) is 43.1 Å². The molecule has 7 heteroatoms. The van der Waals surface area contributed by atoms with Crippen LogP contribution < -0.4 is 5.56 Å². The third-order valence-corrected chi connectivity index (χ3v) is 5.76. The first kappa shape index (κ1) is 16.3. The van der Waals surface area contributed by atoms with Gasteiger partial charge in [0, 0.05) is 63.7 Å². The molecule has 2 fully saturated rings. The first-order valence-electron chi connectivity index (χ1n) is 9.16. The molecule has 1 aromatic heterocycles. The van der Waals surface area contributed by atoms with Crippen LogP contribution in [-0.2, 0) is 22.6 Å². The lowest BCUT2D eigenvalue weighted by Gasteiger charge is -2.35. The number of likely N-dealkylation sites (tertiary alicyclic amines) is 2. The second-order valence-electron chi connectivity index (χ2n) is 7.49. The number of amides is 2. The van der Waals surface area contributed by atoms with Crippen molar-refractivity contribution >= 4 is 11.8 Å². The minimum absolute atomic E-state index is 0.0467. The highest BCUT2D eigenvalue weighted by Crippen LogP contribution is 2.30. The van der Waals surface area contributed by atoms with Gasteiger partial charge in [-0.3, -0.25) is 14.4 Å². The van der Waals surface area contributed by atoms with Gasteiger partial charge in [-0.05, 0) is 19.3 Å². The van der Waals surface area contributed by atoms with E-state index >= 15 is 0 Å². The number of fused-ring (bicyclic) bond motifs is 1. The maximum atomic E-state index is 12.8. The third-order valence-electron chi connectivity index (χ3n) is 5.76. The largest absolute Gasteiger partial charge is 0.345 e. The number of hydrogen-bond donors (Lipinski definition) is 0. The Morgan fingerprint density at radius 1 is 1.20 bits per heavy atom. The Hall–Kier alpha value is -2.18. The second kappa shape index (κ2) is 6.28. The number of rotatable bonds is 2. The molecule has 0 saturated carbocycles. The zero-order valence-electron chi connectivity index (χ0n) is 14.6. The molecule has 4 heterocycles. The van der Waals surface area contributed by atoms with Gasteiger partial charge in [0.1, 0.15) is 5.82 Å². The highest BCUT2D eigenvalue weighted by molar-refractivity contribution is 5.89. The van der Waals surface area contributed by atoms with E-state index in [4.69, 9.17) is 0 Å². The van der Waals surface area contributed by atoms with Crippen molar-refractivity contribution in [2.75, 3.05) is 26.7 Å². The van der Waals surface area contributed by atoms with E-state index in [9.17, 15) is 14.4 Å². The van der Waals surface area contributed by atoms with E-state index in [0.717, 1.165) is 50.3 Å². The summed E-state index contributed by atoms with van der Waals surface area (Å²) < 4.78 is 2.17. The highest BCUT2D eigenvalue weighted by Gasteiger charge is 2.37. The van der Waals surface area contributed by atoms with Crippen molar-refractivity contribution < 1.29 is 9.59 Å². The molecule has 0 spiro atoms. The topological polar surface area (TPSA) is 75.5 Å². The van der Waals surface area contributed by atoms with Gasteiger partial charge in [0.05, 0.1) is 5.92 Å². The van der Waals surface area contributed by atoms with Crippen LogP contribution in [0.4, 0.5) is 0 Å². The van der Waals surface area contributed by atoms with Crippen LogP contribution in [-0.4, -0.2) is 57.8 Å². The van der Waals surface area contributed by atoms with Crippen molar-refractivity contribution in [2.24, 2.45) is 5.92 Å². The molecule has 0 N–H and O–H groups in total. The summed E-state index contributed by atoms with van der Waals surface area (Å²) in [6, 6.07) is 1.65. The van der Waals surface area contributed by atoms with Crippen LogP contribution >= 0.6 is 0 Å². The third kappa shape index (κ3) is 2.96. The average Bonchev–Trinajstić information content (AvgIpc) is 3.20. The molecule has 3 aliphatic heterocycles. The molecule has 2 amide bonds. The summed E-state index contributed by atoms with van der Waals surface area (Å²) in [6.45, 7) is 2.80. The average molecular weight is 344 g/mol. The number of aryl methyl sites for hydroxylation is 1. The quantitative estimate of drug-likeness (QED) is 0.777. The predicted octanol–water partition coefficient (Wildman–Crippen LogP) is 0.374. The maximum Gasteiger partial charge on any atom is 0.273 e. The van der Waals surface area contributed by atoms with E-state index in [0.29, 0.717) is 19.5 Å². The summed E-state index contributed by atoms with van der Waals surface area (Å²) in [5.74, 6) is 0.974. The van der Waals surface area contributed by atoms with E-state index in [1.165, 1.54) is 0 Å². The van der Waals surface area contributed by atoms with Gasteiger partial charge in [-0.25, -0.2) is 0 Å². The van der Waals surface area contributed by atoms with Crippen molar-refractivity contribution in [1.82, 2.24) is 19.4 Å². The Morgan fingerprint density at radius 3 is 2.80 bits per heavy atom. The first-order valence-corrected chi connectivity index (χ1v) is 9.16. The summed E-state index contributed by atoms with van der Waals surface area (Å²) in [7, 11) is 1.75. The molecule has 2 atom stereocenters. The Kier molecular flexibility index (Phi) is 4.09. The summed E-state index contributed by atoms with van der Waals surface area (Å²) in [5.41, 5.74) is 0.860. The fourth-order valence-corrected chi connectivity index (χ4v) is 4.46. The van der Waals surface area contributed by atoms with E-state index < -0.39 is 0 Å². The number of aromatic nitrogens is 2. The van der Waals surface area contributed by atoms with E-state index in [2.05, 4.69) is 9.55 Å². The normalized spacial score (nSPS) is 26.2. The Bertz CT molecular complexity index is 772. The molecule has 7 nitrogen and oxygen atoms in total. The number of piperidine rings is 1. The van der Waals surface area contributed by atoms with E-state index in [1.54, 1.807) is 18.0 Å². The van der Waals surface area contributed by atoms with Crippen LogP contribution in [0, 0.1) is 5.92 Å². The van der Waals surface area contributed by atoms with Gasteiger partial charge in [0.25, 0.3) is 5.56 Å². The standard InChI is InChI=1S/C18H24N4O3/c1-20-10-13(8-17(20)24)18(25)21-6-2-4-12(11-21)14-9-16(23)19-15-5-3-7-22(14)15/h9,12-13H,2-8,10-11H2,1H3/t12-,13-/m1/s1. The van der Waals surface area contributed by atoms with Crippen molar-refractivity contribution in [1.29, 1.82) is 0 Å². The molecule has 0 unspecified atom stereocenters. The molecular formula is C18H24N4O3. The molecule has 2 saturated heterocycles. The van der Waals surface area contributed by atoms with Crippen LogP contribution in [0.2, 0.25) is 0 Å². The molecule has 0 radical (unpaired) electrons. The summed E-state index contributed by atoms with van der Waals surface area (Å²) in [6.07, 6.45) is 4.11. The van der Waals surface area contributed by atoms with Gasteiger partial charge in [0.15, 0.2) is 0 Å². The molecular weight excluding hydrogens is 320 g/mol. The van der Waals surface area contributed by atoms with Crippen molar-refractivity contribution in [3.8, 4) is 0 Å². The monoisotopic (exact) mass is 344 g/mol. The van der Waals surface area contributed by atoms with Crippen LogP contribution in [0.25, 0.3) is 0 Å². The Balaban J connectivity index is 1.53. The number of hydrogen-bond acceptors (Lipinski definition) is 4. The van der Waals surface area contributed by atoms with Crippen LogP contribution in [0.15, 0.2) is 10.9 Å². The van der Waals surface area contributed by atoms with Gasteiger partial charge < -0.3 is 14.4 Å². The Labute approximate surface area is 146 Å². The SMILES string of the molecule is CN1C[C@H](C(=O)N2CCC[C@@H](c3cc(=O)nc4n3CCC4)C2)CC1=O. The van der Waals surface area contributed by atoms with Crippen molar-refractivity contribution in [3.05, 3.63) is 27.9 Å². The van der Waals surface area contributed by atoms with Gasteiger partial charge in [0.2, 0.25) is 11.8 Å². The molecule has 3 aliphatic rings. The lowest BCUT2D eigenvalue weighted by atomic mass is 9.93. The maximum absolute atomic E-state index is 12.8. The first-order chi connectivity index (χ1) is 12.0. The molecule has 134 valence electrons. The summed E-state index contributed by atoms with van der Waals surface area (Å²) >= 11 is 0. The molecule has 0 bridgehead atoms.